The van der Waals surface area contributed by atoms with Crippen LogP contribution < -0.4 is 9.47 Å². The first-order valence-electron chi connectivity index (χ1n) is 10.2. The van der Waals surface area contributed by atoms with Crippen molar-refractivity contribution >= 4 is 12.0 Å². The van der Waals surface area contributed by atoms with Crippen LogP contribution in [-0.2, 0) is 11.4 Å². The Labute approximate surface area is 172 Å². The molecule has 29 heavy (non-hydrogen) atoms. The number of hydrogen-bond donors (Lipinski definition) is 0. The third-order valence-electron chi connectivity index (χ3n) is 5.55. The first kappa shape index (κ1) is 21.0. The van der Waals surface area contributed by atoms with Crippen LogP contribution in [0.5, 0.6) is 11.5 Å². The summed E-state index contributed by atoms with van der Waals surface area (Å²) in [5.41, 5.74) is 2.65. The Morgan fingerprint density at radius 2 is 2.03 bits per heavy atom. The highest BCUT2D eigenvalue weighted by Crippen LogP contribution is 2.30. The van der Waals surface area contributed by atoms with E-state index in [1.54, 1.807) is 13.2 Å². The Bertz CT molecular complexity index is 846. The van der Waals surface area contributed by atoms with Gasteiger partial charge in [0.25, 0.3) is 0 Å². The standard InChI is InChI=1S/C23H30N2O4/c1-5-25(19-8-6-7-9-19)23(26)13-11-18-10-12-21(22(14-18)27-4)28-15-20-16(2)24-29-17(20)3/h10-14,19H,5-9,15H2,1-4H3/b13-11+. The number of likely N-dealkylation sites (N-methyl/N-ethyl adjacent to an activating group) is 1. The van der Waals surface area contributed by atoms with E-state index in [4.69, 9.17) is 14.0 Å². The summed E-state index contributed by atoms with van der Waals surface area (Å²) in [5, 5.41) is 3.94. The maximum Gasteiger partial charge on any atom is 0.246 e. The number of ether oxygens (including phenoxy) is 2. The Morgan fingerprint density at radius 3 is 2.66 bits per heavy atom. The van der Waals surface area contributed by atoms with Gasteiger partial charge in [0, 0.05) is 18.7 Å². The van der Waals surface area contributed by atoms with Crippen LogP contribution >= 0.6 is 0 Å². The van der Waals surface area contributed by atoms with Crippen LogP contribution in [0.25, 0.3) is 6.08 Å². The number of carbonyl (C=O) groups is 1. The molecule has 156 valence electrons. The molecule has 6 heteroatoms. The van der Waals surface area contributed by atoms with Crippen LogP contribution in [0.3, 0.4) is 0 Å². The van der Waals surface area contributed by atoms with Gasteiger partial charge in [-0.1, -0.05) is 24.1 Å². The molecule has 1 aliphatic rings. The molecule has 1 fully saturated rings. The molecule has 0 bridgehead atoms. The Morgan fingerprint density at radius 1 is 1.28 bits per heavy atom. The normalized spacial score (nSPS) is 14.5. The highest BCUT2D eigenvalue weighted by molar-refractivity contribution is 5.92. The summed E-state index contributed by atoms with van der Waals surface area (Å²) < 4.78 is 16.6. The van der Waals surface area contributed by atoms with Crippen molar-refractivity contribution in [2.45, 2.75) is 59.1 Å². The second kappa shape index (κ2) is 9.63. The van der Waals surface area contributed by atoms with E-state index in [-0.39, 0.29) is 5.91 Å². The number of nitrogens with zero attached hydrogens (tertiary/aromatic N) is 2. The zero-order valence-corrected chi connectivity index (χ0v) is 17.7. The zero-order valence-electron chi connectivity index (χ0n) is 17.7. The van der Waals surface area contributed by atoms with Gasteiger partial charge < -0.3 is 18.9 Å². The van der Waals surface area contributed by atoms with Crippen molar-refractivity contribution in [3.05, 3.63) is 46.9 Å². The molecule has 1 aromatic heterocycles. The lowest BCUT2D eigenvalue weighted by atomic mass is 10.1. The molecule has 0 atom stereocenters. The highest BCUT2D eigenvalue weighted by Gasteiger charge is 2.23. The van der Waals surface area contributed by atoms with Crippen LogP contribution in [0.4, 0.5) is 0 Å². The van der Waals surface area contributed by atoms with Crippen molar-refractivity contribution < 1.29 is 18.8 Å². The SMILES string of the molecule is CCN(C(=O)/C=C/c1ccc(OCc2c(C)noc2C)c(OC)c1)C1CCCC1. The molecule has 0 aliphatic heterocycles. The number of aromatic nitrogens is 1. The van der Waals surface area contributed by atoms with E-state index in [0.29, 0.717) is 24.1 Å². The Balaban J connectivity index is 1.67. The predicted octanol–water partition coefficient (Wildman–Crippen LogP) is 4.68. The number of hydrogen-bond acceptors (Lipinski definition) is 5. The second-order valence-corrected chi connectivity index (χ2v) is 7.40. The Kier molecular flexibility index (Phi) is 6.96. The first-order valence-corrected chi connectivity index (χ1v) is 10.2. The molecule has 1 heterocycles. The molecule has 0 radical (unpaired) electrons. The van der Waals surface area contributed by atoms with Crippen molar-refractivity contribution in [3.8, 4) is 11.5 Å². The van der Waals surface area contributed by atoms with Gasteiger partial charge in [0.15, 0.2) is 11.5 Å². The third-order valence-corrected chi connectivity index (χ3v) is 5.55. The molecule has 0 saturated heterocycles. The smallest absolute Gasteiger partial charge is 0.246 e. The monoisotopic (exact) mass is 398 g/mol. The maximum atomic E-state index is 12.6. The highest BCUT2D eigenvalue weighted by atomic mass is 16.5. The van der Waals surface area contributed by atoms with E-state index in [2.05, 4.69) is 5.16 Å². The van der Waals surface area contributed by atoms with E-state index in [9.17, 15) is 4.79 Å². The van der Waals surface area contributed by atoms with E-state index in [1.165, 1.54) is 12.8 Å². The van der Waals surface area contributed by atoms with Gasteiger partial charge in [-0.2, -0.15) is 0 Å². The molecule has 0 N–H and O–H groups in total. The average Bonchev–Trinajstić information content (AvgIpc) is 3.36. The van der Waals surface area contributed by atoms with Crippen molar-refractivity contribution in [1.29, 1.82) is 0 Å². The van der Waals surface area contributed by atoms with Gasteiger partial charge in [0.2, 0.25) is 5.91 Å². The van der Waals surface area contributed by atoms with E-state index < -0.39 is 0 Å². The van der Waals surface area contributed by atoms with Crippen molar-refractivity contribution in [1.82, 2.24) is 10.1 Å². The van der Waals surface area contributed by atoms with Gasteiger partial charge in [-0.25, -0.2) is 0 Å². The van der Waals surface area contributed by atoms with Gasteiger partial charge in [-0.3, -0.25) is 4.79 Å². The molecule has 2 aromatic rings. The molecule has 6 nitrogen and oxygen atoms in total. The number of carbonyl (C=O) groups excluding carboxylic acids is 1. The summed E-state index contributed by atoms with van der Waals surface area (Å²) >= 11 is 0. The number of benzene rings is 1. The van der Waals surface area contributed by atoms with Crippen LogP contribution in [0.15, 0.2) is 28.8 Å². The van der Waals surface area contributed by atoms with Crippen molar-refractivity contribution in [2.24, 2.45) is 0 Å². The molecule has 0 unspecified atom stereocenters. The number of amides is 1. The fraction of sp³-hybridized carbons (Fsp3) is 0.478. The molecule has 3 rings (SSSR count). The van der Waals surface area contributed by atoms with Gasteiger partial charge in [0.05, 0.1) is 18.4 Å². The molecular weight excluding hydrogens is 368 g/mol. The maximum absolute atomic E-state index is 12.6. The quantitative estimate of drug-likeness (QED) is 0.604. The number of rotatable bonds is 8. The molecule has 1 amide bonds. The largest absolute Gasteiger partial charge is 0.493 e. The topological polar surface area (TPSA) is 64.8 Å². The predicted molar refractivity (Wildman–Crippen MR) is 112 cm³/mol. The van der Waals surface area contributed by atoms with E-state index >= 15 is 0 Å². The van der Waals surface area contributed by atoms with Gasteiger partial charge >= 0.3 is 0 Å². The lowest BCUT2D eigenvalue weighted by Crippen LogP contribution is -2.37. The minimum atomic E-state index is 0.0668. The lowest BCUT2D eigenvalue weighted by molar-refractivity contribution is -0.127. The molecule has 0 spiro atoms. The summed E-state index contributed by atoms with van der Waals surface area (Å²) in [6.07, 6.45) is 8.13. The molecule has 1 saturated carbocycles. The first-order chi connectivity index (χ1) is 14.0. The van der Waals surface area contributed by atoms with Gasteiger partial charge in [0.1, 0.15) is 12.4 Å². The minimum Gasteiger partial charge on any atom is -0.493 e. The van der Waals surface area contributed by atoms with Crippen molar-refractivity contribution in [3.63, 3.8) is 0 Å². The van der Waals surface area contributed by atoms with E-state index in [1.807, 2.05) is 49.9 Å². The zero-order chi connectivity index (χ0) is 20.8. The van der Waals surface area contributed by atoms with Gasteiger partial charge in [-0.15, -0.1) is 0 Å². The summed E-state index contributed by atoms with van der Waals surface area (Å²) in [5.74, 6) is 2.07. The summed E-state index contributed by atoms with van der Waals surface area (Å²) in [7, 11) is 1.61. The van der Waals surface area contributed by atoms with Crippen LogP contribution in [0, 0.1) is 13.8 Å². The molecular formula is C23H30N2O4. The average molecular weight is 399 g/mol. The summed E-state index contributed by atoms with van der Waals surface area (Å²) in [6.45, 7) is 6.90. The number of aryl methyl sites for hydroxylation is 2. The summed E-state index contributed by atoms with van der Waals surface area (Å²) in [4.78, 5) is 14.6. The molecule has 1 aliphatic carbocycles. The number of methoxy groups -OCH3 is 1. The van der Waals surface area contributed by atoms with Crippen LogP contribution in [0.1, 0.15) is 55.2 Å². The summed E-state index contributed by atoms with van der Waals surface area (Å²) in [6, 6.07) is 6.03. The van der Waals surface area contributed by atoms with Crippen molar-refractivity contribution in [2.75, 3.05) is 13.7 Å². The lowest BCUT2D eigenvalue weighted by Gasteiger charge is -2.26. The minimum absolute atomic E-state index is 0.0668. The fourth-order valence-electron chi connectivity index (χ4n) is 3.84. The van der Waals surface area contributed by atoms with Crippen LogP contribution in [0.2, 0.25) is 0 Å². The van der Waals surface area contributed by atoms with Crippen LogP contribution in [-0.4, -0.2) is 35.7 Å². The molecule has 1 aromatic carbocycles. The Hall–Kier alpha value is -2.76. The van der Waals surface area contributed by atoms with E-state index in [0.717, 1.165) is 42.0 Å². The third kappa shape index (κ3) is 5.00. The second-order valence-electron chi connectivity index (χ2n) is 7.40. The van der Waals surface area contributed by atoms with Gasteiger partial charge in [-0.05, 0) is 57.4 Å². The fourth-order valence-corrected chi connectivity index (χ4v) is 3.84.